The van der Waals surface area contributed by atoms with E-state index >= 15 is 0 Å². The maximum absolute atomic E-state index is 13.9. The molecule has 14 heteroatoms. The second-order valence-corrected chi connectivity index (χ2v) is 16.5. The molecule has 51 heavy (non-hydrogen) atoms. The van der Waals surface area contributed by atoms with Gasteiger partial charge in [0, 0.05) is 60.6 Å². The van der Waals surface area contributed by atoms with Crippen molar-refractivity contribution in [2.45, 2.75) is 97.4 Å². The number of primary amides is 1. The molecule has 0 aliphatic carbocycles. The number of rotatable bonds is 19. The smallest absolute Gasteiger partial charge is 0.241 e. The van der Waals surface area contributed by atoms with Gasteiger partial charge < -0.3 is 26.0 Å². The summed E-state index contributed by atoms with van der Waals surface area (Å²) in [5.74, 6) is 1.01. The Labute approximate surface area is 308 Å². The Bertz CT molecular complexity index is 1680. The van der Waals surface area contributed by atoms with Gasteiger partial charge in [-0.05, 0) is 65.5 Å². The molecule has 2 heterocycles. The van der Waals surface area contributed by atoms with Gasteiger partial charge in [-0.15, -0.1) is 5.10 Å². The molecule has 0 unspecified atom stereocenters. The third-order valence-corrected chi connectivity index (χ3v) is 11.0. The third kappa shape index (κ3) is 11.8. The van der Waals surface area contributed by atoms with E-state index in [1.54, 1.807) is 31.2 Å². The number of ether oxygens (including phenoxy) is 1. The van der Waals surface area contributed by atoms with E-state index in [-0.39, 0.29) is 55.2 Å². The van der Waals surface area contributed by atoms with Crippen LogP contribution < -0.4 is 21.3 Å². The van der Waals surface area contributed by atoms with Gasteiger partial charge in [-0.1, -0.05) is 69.3 Å². The van der Waals surface area contributed by atoms with Crippen molar-refractivity contribution >= 4 is 50.9 Å². The average Bonchev–Trinajstić information content (AvgIpc) is 3.46. The molecular formula is C37H51N7O5S2. The molecule has 0 atom stereocenters. The van der Waals surface area contributed by atoms with Crippen LogP contribution >= 0.6 is 21.6 Å². The highest BCUT2D eigenvalue weighted by Gasteiger charge is 2.30. The summed E-state index contributed by atoms with van der Waals surface area (Å²) in [6.07, 6.45) is 2.76. The zero-order chi connectivity index (χ0) is 37.0. The zero-order valence-corrected chi connectivity index (χ0v) is 32.0. The highest BCUT2D eigenvalue weighted by atomic mass is 33.1. The molecule has 0 bridgehead atoms. The van der Waals surface area contributed by atoms with Gasteiger partial charge in [-0.25, -0.2) is 4.68 Å². The van der Waals surface area contributed by atoms with Gasteiger partial charge in [-0.2, -0.15) is 0 Å². The molecule has 3 aromatic rings. The molecule has 4 amide bonds. The van der Waals surface area contributed by atoms with Crippen LogP contribution in [0.3, 0.4) is 0 Å². The number of nitrogens with one attached hydrogen (secondary N) is 2. The summed E-state index contributed by atoms with van der Waals surface area (Å²) in [7, 11) is 3.51. The number of carbonyl (C=O) groups is 4. The molecule has 0 saturated heterocycles. The molecule has 4 N–H and O–H groups in total. The summed E-state index contributed by atoms with van der Waals surface area (Å²) in [5.41, 5.74) is 8.78. The molecule has 12 nitrogen and oxygen atoms in total. The summed E-state index contributed by atoms with van der Waals surface area (Å²) < 4.78 is 7.81. The predicted molar refractivity (Wildman–Crippen MR) is 205 cm³/mol. The standard InChI is InChI=1S/C37H51N7O5S2/c1-6-39-32(47)25-44-35-27-13-8-7-12-26(27)24-43(29-15-10-9-14-28(29)34(35)41-42-44)33(48)18-17-31(46)40-36(2,3)19-21-49-37(4,5)20-23-51-50-22-11-16-30(38)45/h7-10,12-15H,6,11,16-25H2,1-5H3,(H2,38,45)(H,39,47)(H,40,46). The van der Waals surface area contributed by atoms with E-state index in [1.807, 2.05) is 69.3 Å². The molecule has 276 valence electrons. The van der Waals surface area contributed by atoms with Crippen molar-refractivity contribution in [3.05, 3.63) is 54.1 Å². The summed E-state index contributed by atoms with van der Waals surface area (Å²) >= 11 is 0. The average molecular weight is 738 g/mol. The zero-order valence-electron chi connectivity index (χ0n) is 30.3. The Morgan fingerprint density at radius 3 is 2.35 bits per heavy atom. The minimum absolute atomic E-state index is 0.0187. The molecule has 0 fully saturated rings. The number of amides is 4. The van der Waals surface area contributed by atoms with Crippen LogP contribution in [0, 0.1) is 0 Å². The number of benzene rings is 2. The first-order valence-electron chi connectivity index (χ1n) is 17.5. The van der Waals surface area contributed by atoms with Crippen LogP contribution in [-0.2, 0) is 37.0 Å². The van der Waals surface area contributed by atoms with Gasteiger partial charge in [0.15, 0.2) is 0 Å². The molecule has 1 aromatic heterocycles. The lowest BCUT2D eigenvalue weighted by Gasteiger charge is -2.31. The third-order valence-electron chi connectivity index (χ3n) is 8.54. The van der Waals surface area contributed by atoms with Crippen molar-refractivity contribution in [1.29, 1.82) is 0 Å². The molecule has 1 aliphatic rings. The fourth-order valence-electron chi connectivity index (χ4n) is 5.76. The number of anilines is 1. The van der Waals surface area contributed by atoms with Gasteiger partial charge >= 0.3 is 0 Å². The monoisotopic (exact) mass is 737 g/mol. The predicted octanol–water partition coefficient (Wildman–Crippen LogP) is 5.49. The van der Waals surface area contributed by atoms with Crippen LogP contribution in [0.5, 0.6) is 0 Å². The van der Waals surface area contributed by atoms with Crippen LogP contribution in [-0.4, -0.2) is 74.4 Å². The van der Waals surface area contributed by atoms with Crippen LogP contribution in [0.15, 0.2) is 48.5 Å². The van der Waals surface area contributed by atoms with Crippen LogP contribution in [0.25, 0.3) is 22.5 Å². The summed E-state index contributed by atoms with van der Waals surface area (Å²) in [5, 5.41) is 14.8. The summed E-state index contributed by atoms with van der Waals surface area (Å²) in [6.45, 7) is 11.2. The molecule has 2 aromatic carbocycles. The lowest BCUT2D eigenvalue weighted by atomic mass is 9.95. The number of nitrogens with two attached hydrogens (primary N) is 1. The first kappa shape index (κ1) is 39.9. The van der Waals surface area contributed by atoms with Crippen LogP contribution in [0.4, 0.5) is 5.69 Å². The summed E-state index contributed by atoms with van der Waals surface area (Å²) in [4.78, 5) is 52.2. The highest BCUT2D eigenvalue weighted by Crippen LogP contribution is 2.41. The maximum Gasteiger partial charge on any atom is 0.241 e. The van der Waals surface area contributed by atoms with E-state index in [1.165, 1.54) is 0 Å². The van der Waals surface area contributed by atoms with E-state index < -0.39 is 5.54 Å². The number of aromatic nitrogens is 3. The van der Waals surface area contributed by atoms with Gasteiger partial charge in [0.25, 0.3) is 0 Å². The number of hydrogen-bond donors (Lipinski definition) is 3. The van der Waals surface area contributed by atoms with E-state index in [0.717, 1.165) is 46.7 Å². The second-order valence-electron chi connectivity index (χ2n) is 13.8. The number of hydrogen-bond acceptors (Lipinski definition) is 9. The fraction of sp³-hybridized carbons (Fsp3) is 0.514. The number of likely N-dealkylation sites (N-methyl/N-ethyl adjacent to an activating group) is 1. The van der Waals surface area contributed by atoms with Crippen molar-refractivity contribution in [3.8, 4) is 22.5 Å². The van der Waals surface area contributed by atoms with Crippen LogP contribution in [0.2, 0.25) is 0 Å². The number of fused-ring (bicyclic) bond motifs is 5. The second kappa shape index (κ2) is 18.6. The van der Waals surface area contributed by atoms with E-state index in [2.05, 4.69) is 34.8 Å². The maximum atomic E-state index is 13.9. The van der Waals surface area contributed by atoms with Crippen molar-refractivity contribution < 1.29 is 23.9 Å². The first-order valence-corrected chi connectivity index (χ1v) is 19.9. The van der Waals surface area contributed by atoms with Crippen molar-refractivity contribution in [3.63, 3.8) is 0 Å². The molecule has 0 spiro atoms. The Balaban J connectivity index is 1.35. The highest BCUT2D eigenvalue weighted by molar-refractivity contribution is 8.76. The molecule has 1 aliphatic heterocycles. The molecular weight excluding hydrogens is 687 g/mol. The van der Waals surface area contributed by atoms with E-state index in [9.17, 15) is 19.2 Å². The molecule has 0 saturated carbocycles. The fourth-order valence-corrected chi connectivity index (χ4v) is 8.14. The minimum atomic E-state index is -0.524. The lowest BCUT2D eigenvalue weighted by Crippen LogP contribution is -2.45. The van der Waals surface area contributed by atoms with E-state index in [4.69, 9.17) is 10.5 Å². The Hall–Kier alpha value is -3.88. The SMILES string of the molecule is CCNC(=O)Cn1nnc2c1-c1ccccc1CN(C(=O)CCC(=O)NC(C)(C)CCOC(C)(C)CCSSCCCC(N)=O)c1ccccc1-2. The van der Waals surface area contributed by atoms with Gasteiger partial charge in [0.1, 0.15) is 12.2 Å². The largest absolute Gasteiger partial charge is 0.375 e. The number of nitrogens with zero attached hydrogens (tertiary/aromatic N) is 4. The summed E-state index contributed by atoms with van der Waals surface area (Å²) in [6, 6.07) is 15.3. The minimum Gasteiger partial charge on any atom is -0.375 e. The van der Waals surface area contributed by atoms with Gasteiger partial charge in [0.2, 0.25) is 23.6 Å². The van der Waals surface area contributed by atoms with E-state index in [0.29, 0.717) is 37.4 Å². The molecule has 4 rings (SSSR count). The Kier molecular flexibility index (Phi) is 14.5. The number of para-hydroxylation sites is 1. The Morgan fingerprint density at radius 2 is 1.61 bits per heavy atom. The Morgan fingerprint density at radius 1 is 0.902 bits per heavy atom. The van der Waals surface area contributed by atoms with Crippen LogP contribution in [0.1, 0.15) is 78.7 Å². The topological polar surface area (TPSA) is 162 Å². The van der Waals surface area contributed by atoms with Crippen molar-refractivity contribution in [1.82, 2.24) is 25.6 Å². The van der Waals surface area contributed by atoms with Gasteiger partial charge in [0.05, 0.1) is 23.5 Å². The van der Waals surface area contributed by atoms with Crippen molar-refractivity contribution in [2.24, 2.45) is 5.73 Å². The quantitative estimate of drug-likeness (QED) is 0.107. The van der Waals surface area contributed by atoms with Gasteiger partial charge in [-0.3, -0.25) is 19.2 Å². The number of carbonyl (C=O) groups excluding carboxylic acids is 4. The first-order chi connectivity index (χ1) is 24.3. The van der Waals surface area contributed by atoms with Crippen molar-refractivity contribution in [2.75, 3.05) is 29.6 Å². The lowest BCUT2D eigenvalue weighted by molar-refractivity contribution is -0.126. The molecule has 0 radical (unpaired) electrons. The normalized spacial score (nSPS) is 12.6.